The van der Waals surface area contributed by atoms with E-state index < -0.39 is 23.8 Å². The molecule has 1 unspecified atom stereocenters. The Balaban J connectivity index is 1.70. The molecular formula is C21H19FN2O4. The average Bonchev–Trinajstić information content (AvgIpc) is 2.67. The van der Waals surface area contributed by atoms with Crippen molar-refractivity contribution in [3.05, 3.63) is 65.6 Å². The van der Waals surface area contributed by atoms with Gasteiger partial charge in [0.1, 0.15) is 11.6 Å². The number of pyridine rings is 1. The number of amides is 1. The van der Waals surface area contributed by atoms with Gasteiger partial charge in [-0.2, -0.15) is 0 Å². The van der Waals surface area contributed by atoms with Crippen LogP contribution in [-0.4, -0.2) is 30.1 Å². The van der Waals surface area contributed by atoms with Gasteiger partial charge < -0.3 is 14.8 Å². The first-order valence-electron chi connectivity index (χ1n) is 8.60. The maximum Gasteiger partial charge on any atom is 0.340 e. The molecule has 28 heavy (non-hydrogen) atoms. The van der Waals surface area contributed by atoms with E-state index in [4.69, 9.17) is 9.47 Å². The average molecular weight is 382 g/mol. The van der Waals surface area contributed by atoms with Gasteiger partial charge in [0.05, 0.1) is 23.9 Å². The smallest absolute Gasteiger partial charge is 0.340 e. The minimum Gasteiger partial charge on any atom is -0.497 e. The molecule has 1 amide bonds. The van der Waals surface area contributed by atoms with Crippen molar-refractivity contribution in [1.29, 1.82) is 0 Å². The number of nitrogens with zero attached hydrogens (tertiary/aromatic N) is 1. The van der Waals surface area contributed by atoms with E-state index in [2.05, 4.69) is 10.3 Å². The predicted molar refractivity (Wildman–Crippen MR) is 103 cm³/mol. The van der Waals surface area contributed by atoms with Crippen molar-refractivity contribution in [3.63, 3.8) is 0 Å². The zero-order valence-electron chi connectivity index (χ0n) is 15.7. The van der Waals surface area contributed by atoms with Gasteiger partial charge in [-0.25, -0.2) is 9.18 Å². The highest BCUT2D eigenvalue weighted by atomic mass is 19.1. The van der Waals surface area contributed by atoms with Crippen molar-refractivity contribution in [3.8, 4) is 5.75 Å². The Morgan fingerprint density at radius 3 is 2.50 bits per heavy atom. The van der Waals surface area contributed by atoms with E-state index in [1.807, 2.05) is 0 Å². The lowest BCUT2D eigenvalue weighted by atomic mass is 10.1. The fourth-order valence-electron chi connectivity index (χ4n) is 2.64. The molecule has 0 aliphatic heterocycles. The summed E-state index contributed by atoms with van der Waals surface area (Å²) in [5, 5.41) is 3.28. The number of halogens is 1. The van der Waals surface area contributed by atoms with Crippen LogP contribution in [0.4, 0.5) is 10.1 Å². The standard InChI is InChI=1S/C21H19FN2O4/c1-12-18(10-14-4-5-15(22)11-19(14)23-12)21(26)28-13(2)20(25)24-16-6-8-17(27-3)9-7-16/h4-11,13H,1-3H3,(H,24,25). The van der Waals surface area contributed by atoms with Gasteiger partial charge in [-0.05, 0) is 56.3 Å². The molecule has 2 aromatic carbocycles. The Kier molecular flexibility index (Phi) is 5.54. The maximum atomic E-state index is 13.3. The van der Waals surface area contributed by atoms with Crippen LogP contribution in [0.2, 0.25) is 0 Å². The van der Waals surface area contributed by atoms with E-state index in [9.17, 15) is 14.0 Å². The van der Waals surface area contributed by atoms with Crippen LogP contribution in [0.3, 0.4) is 0 Å². The van der Waals surface area contributed by atoms with Gasteiger partial charge in [-0.3, -0.25) is 9.78 Å². The lowest BCUT2D eigenvalue weighted by Gasteiger charge is -2.15. The molecule has 7 heteroatoms. The lowest BCUT2D eigenvalue weighted by Crippen LogP contribution is -2.30. The number of carbonyl (C=O) groups excluding carboxylic acids is 2. The zero-order valence-corrected chi connectivity index (χ0v) is 15.7. The number of hydrogen-bond acceptors (Lipinski definition) is 5. The summed E-state index contributed by atoms with van der Waals surface area (Å²) in [5.41, 5.74) is 1.62. The summed E-state index contributed by atoms with van der Waals surface area (Å²) in [4.78, 5) is 29.0. The van der Waals surface area contributed by atoms with Crippen LogP contribution in [0.5, 0.6) is 5.75 Å². The first-order chi connectivity index (χ1) is 13.4. The monoisotopic (exact) mass is 382 g/mol. The summed E-state index contributed by atoms with van der Waals surface area (Å²) in [6, 6.07) is 12.5. The molecule has 0 saturated heterocycles. The first kappa shape index (κ1) is 19.3. The summed E-state index contributed by atoms with van der Waals surface area (Å²) < 4.78 is 23.7. The van der Waals surface area contributed by atoms with Crippen molar-refractivity contribution >= 4 is 28.5 Å². The van der Waals surface area contributed by atoms with Crippen LogP contribution in [0.15, 0.2) is 48.5 Å². The molecule has 0 fully saturated rings. The number of nitrogens with one attached hydrogen (secondary N) is 1. The molecule has 0 bridgehead atoms. The van der Waals surface area contributed by atoms with Crippen LogP contribution in [-0.2, 0) is 9.53 Å². The number of carbonyl (C=O) groups is 2. The Morgan fingerprint density at radius 1 is 1.11 bits per heavy atom. The van der Waals surface area contributed by atoms with Crippen molar-refractivity contribution in [2.24, 2.45) is 0 Å². The van der Waals surface area contributed by atoms with Crippen LogP contribution >= 0.6 is 0 Å². The number of benzene rings is 2. The normalized spacial score (nSPS) is 11.7. The third-order valence-electron chi connectivity index (χ3n) is 4.20. The van der Waals surface area contributed by atoms with Gasteiger partial charge in [-0.1, -0.05) is 0 Å². The van der Waals surface area contributed by atoms with E-state index in [1.54, 1.807) is 44.4 Å². The van der Waals surface area contributed by atoms with Gasteiger partial charge in [0, 0.05) is 17.1 Å². The molecule has 0 aliphatic rings. The van der Waals surface area contributed by atoms with E-state index in [0.29, 0.717) is 28.0 Å². The Morgan fingerprint density at radius 2 is 1.82 bits per heavy atom. The summed E-state index contributed by atoms with van der Waals surface area (Å²) >= 11 is 0. The minimum absolute atomic E-state index is 0.225. The Labute approximate surface area is 161 Å². The summed E-state index contributed by atoms with van der Waals surface area (Å²) in [7, 11) is 1.55. The molecule has 144 valence electrons. The predicted octanol–water partition coefficient (Wildman–Crippen LogP) is 3.87. The van der Waals surface area contributed by atoms with E-state index in [1.165, 1.54) is 25.1 Å². The highest BCUT2D eigenvalue weighted by Crippen LogP contribution is 2.19. The molecule has 0 aliphatic carbocycles. The molecule has 0 spiro atoms. The second-order valence-corrected chi connectivity index (χ2v) is 6.22. The van der Waals surface area contributed by atoms with Gasteiger partial charge in [0.15, 0.2) is 6.10 Å². The molecule has 0 radical (unpaired) electrons. The molecular weight excluding hydrogens is 363 g/mol. The number of esters is 1. The SMILES string of the molecule is COc1ccc(NC(=O)C(C)OC(=O)c2cc3ccc(F)cc3nc2C)cc1. The van der Waals surface area contributed by atoms with Crippen LogP contribution < -0.4 is 10.1 Å². The Bertz CT molecular complexity index is 1030. The second kappa shape index (κ2) is 8.04. The van der Waals surface area contributed by atoms with Crippen molar-refractivity contribution in [2.45, 2.75) is 20.0 Å². The van der Waals surface area contributed by atoms with E-state index in [0.717, 1.165) is 0 Å². The van der Waals surface area contributed by atoms with E-state index in [-0.39, 0.29) is 5.56 Å². The highest BCUT2D eigenvalue weighted by molar-refractivity contribution is 5.99. The summed E-state index contributed by atoms with van der Waals surface area (Å²) in [6.07, 6.45) is -1.02. The topological polar surface area (TPSA) is 77.5 Å². The van der Waals surface area contributed by atoms with Crippen molar-refractivity contribution in [2.75, 3.05) is 12.4 Å². The maximum absolute atomic E-state index is 13.3. The van der Waals surface area contributed by atoms with Crippen LogP contribution in [0.1, 0.15) is 23.0 Å². The molecule has 1 aromatic heterocycles. The summed E-state index contributed by atoms with van der Waals surface area (Å²) in [6.45, 7) is 3.11. The zero-order chi connectivity index (χ0) is 20.3. The lowest BCUT2D eigenvalue weighted by molar-refractivity contribution is -0.123. The highest BCUT2D eigenvalue weighted by Gasteiger charge is 2.21. The molecule has 1 N–H and O–H groups in total. The number of fused-ring (bicyclic) bond motifs is 1. The fraction of sp³-hybridized carbons (Fsp3) is 0.190. The van der Waals surface area contributed by atoms with Crippen LogP contribution in [0, 0.1) is 12.7 Å². The number of methoxy groups -OCH3 is 1. The third-order valence-corrected chi connectivity index (χ3v) is 4.20. The largest absolute Gasteiger partial charge is 0.497 e. The number of hydrogen-bond donors (Lipinski definition) is 1. The molecule has 1 heterocycles. The summed E-state index contributed by atoms with van der Waals surface area (Å²) in [5.74, 6) is -0.879. The number of anilines is 1. The molecule has 6 nitrogen and oxygen atoms in total. The van der Waals surface area contributed by atoms with Crippen LogP contribution in [0.25, 0.3) is 10.9 Å². The van der Waals surface area contributed by atoms with E-state index >= 15 is 0 Å². The number of ether oxygens (including phenoxy) is 2. The molecule has 3 aromatic rings. The van der Waals surface area contributed by atoms with Gasteiger partial charge in [0.25, 0.3) is 5.91 Å². The molecule has 3 rings (SSSR count). The van der Waals surface area contributed by atoms with Crippen molar-refractivity contribution < 1.29 is 23.5 Å². The number of aromatic nitrogens is 1. The number of rotatable bonds is 5. The second-order valence-electron chi connectivity index (χ2n) is 6.22. The van der Waals surface area contributed by atoms with Gasteiger partial charge in [0.2, 0.25) is 0 Å². The minimum atomic E-state index is -1.02. The number of aryl methyl sites for hydroxylation is 1. The fourth-order valence-corrected chi connectivity index (χ4v) is 2.64. The molecule has 1 atom stereocenters. The van der Waals surface area contributed by atoms with Gasteiger partial charge >= 0.3 is 5.97 Å². The third kappa shape index (κ3) is 4.25. The van der Waals surface area contributed by atoms with Crippen molar-refractivity contribution in [1.82, 2.24) is 4.98 Å². The molecule has 0 saturated carbocycles. The Hall–Kier alpha value is -3.48. The van der Waals surface area contributed by atoms with Gasteiger partial charge in [-0.15, -0.1) is 0 Å². The quantitative estimate of drug-likeness (QED) is 0.678. The first-order valence-corrected chi connectivity index (χ1v) is 8.60.